The number of aromatic amines is 1. The normalized spacial score (nSPS) is 11.5. The molecule has 8 nitrogen and oxygen atoms in total. The van der Waals surface area contributed by atoms with E-state index in [-0.39, 0.29) is 0 Å². The number of hydrogen-bond donors (Lipinski definition) is 1. The Kier molecular flexibility index (Phi) is 5.48. The largest absolute Gasteiger partial charge is 0.308 e. The number of thioether (sulfide) groups is 1. The van der Waals surface area contributed by atoms with Crippen molar-refractivity contribution in [2.24, 2.45) is 0 Å². The summed E-state index contributed by atoms with van der Waals surface area (Å²) in [6, 6.07) is 14.7. The fraction of sp³-hybridized carbons (Fsp3) is 0.261. The molecular weight excluding hydrogens is 420 g/mol. The Morgan fingerprint density at radius 1 is 1.06 bits per heavy atom. The van der Waals surface area contributed by atoms with Crippen molar-refractivity contribution in [2.75, 3.05) is 6.26 Å². The number of pyridine rings is 1. The minimum Gasteiger partial charge on any atom is -0.308 e. The molecule has 4 aromatic heterocycles. The van der Waals surface area contributed by atoms with E-state index in [2.05, 4.69) is 85.2 Å². The average molecular weight is 445 g/mol. The van der Waals surface area contributed by atoms with Gasteiger partial charge in [-0.1, -0.05) is 19.1 Å². The van der Waals surface area contributed by atoms with Gasteiger partial charge < -0.3 is 9.13 Å². The van der Waals surface area contributed by atoms with Crippen LogP contribution in [0.4, 0.5) is 0 Å². The van der Waals surface area contributed by atoms with Gasteiger partial charge in [0.25, 0.3) is 0 Å². The fourth-order valence-corrected chi connectivity index (χ4v) is 4.58. The van der Waals surface area contributed by atoms with Crippen LogP contribution in [0.15, 0.2) is 53.7 Å². The predicted octanol–water partition coefficient (Wildman–Crippen LogP) is 4.43. The van der Waals surface area contributed by atoms with Gasteiger partial charge in [-0.2, -0.15) is 0 Å². The number of hydrogen-bond acceptors (Lipinski definition) is 6. The molecule has 32 heavy (non-hydrogen) atoms. The SMILES string of the molecule is CCCc1nc2c(C)ccnc2n1Cc1ccc(-n2c(SC)ccc2-c2nnn[nH]2)cc1. The van der Waals surface area contributed by atoms with Crippen LogP contribution < -0.4 is 0 Å². The Labute approximate surface area is 190 Å². The number of tetrazole rings is 1. The van der Waals surface area contributed by atoms with Crippen molar-refractivity contribution in [3.05, 3.63) is 65.6 Å². The summed E-state index contributed by atoms with van der Waals surface area (Å²) in [7, 11) is 0. The average Bonchev–Trinajstić information content (AvgIpc) is 3.54. The van der Waals surface area contributed by atoms with Crippen molar-refractivity contribution in [2.45, 2.75) is 38.3 Å². The highest BCUT2D eigenvalue weighted by molar-refractivity contribution is 7.98. The summed E-state index contributed by atoms with van der Waals surface area (Å²) in [6.45, 7) is 5.01. The summed E-state index contributed by atoms with van der Waals surface area (Å²) >= 11 is 1.69. The van der Waals surface area contributed by atoms with Gasteiger partial charge >= 0.3 is 0 Å². The minimum absolute atomic E-state index is 0.643. The molecule has 5 aromatic rings. The van der Waals surface area contributed by atoms with E-state index in [9.17, 15) is 0 Å². The van der Waals surface area contributed by atoms with E-state index in [0.29, 0.717) is 5.82 Å². The van der Waals surface area contributed by atoms with Crippen LogP contribution in [0.2, 0.25) is 0 Å². The van der Waals surface area contributed by atoms with Crippen LogP contribution in [0.5, 0.6) is 0 Å². The van der Waals surface area contributed by atoms with E-state index >= 15 is 0 Å². The molecule has 0 unspecified atom stereocenters. The van der Waals surface area contributed by atoms with Crippen molar-refractivity contribution in [1.82, 2.24) is 39.7 Å². The summed E-state index contributed by atoms with van der Waals surface area (Å²) in [6.07, 6.45) is 5.91. The third kappa shape index (κ3) is 3.58. The molecule has 0 fully saturated rings. The Morgan fingerprint density at radius 2 is 1.91 bits per heavy atom. The monoisotopic (exact) mass is 444 g/mol. The zero-order valence-electron chi connectivity index (χ0n) is 18.3. The zero-order chi connectivity index (χ0) is 22.1. The van der Waals surface area contributed by atoms with E-state index in [1.165, 1.54) is 5.56 Å². The Morgan fingerprint density at radius 3 is 2.62 bits per heavy atom. The molecule has 1 N–H and O–H groups in total. The molecule has 0 atom stereocenters. The van der Waals surface area contributed by atoms with Gasteiger partial charge in [-0.25, -0.2) is 15.1 Å². The minimum atomic E-state index is 0.643. The predicted molar refractivity (Wildman–Crippen MR) is 126 cm³/mol. The van der Waals surface area contributed by atoms with Gasteiger partial charge in [0.1, 0.15) is 11.3 Å². The fourth-order valence-electron chi connectivity index (χ4n) is 3.99. The molecule has 0 bridgehead atoms. The maximum absolute atomic E-state index is 4.89. The van der Waals surface area contributed by atoms with Gasteiger partial charge in [0, 0.05) is 18.3 Å². The molecule has 0 aliphatic heterocycles. The van der Waals surface area contributed by atoms with E-state index < -0.39 is 0 Å². The Bertz CT molecular complexity index is 1350. The van der Waals surface area contributed by atoms with Crippen molar-refractivity contribution in [1.29, 1.82) is 0 Å². The van der Waals surface area contributed by atoms with Gasteiger partial charge in [0.2, 0.25) is 0 Å². The molecule has 9 heteroatoms. The number of benzene rings is 1. The molecule has 0 saturated heterocycles. The summed E-state index contributed by atoms with van der Waals surface area (Å²) in [5.74, 6) is 1.73. The lowest BCUT2D eigenvalue weighted by molar-refractivity contribution is 0.716. The number of imidazole rings is 1. The van der Waals surface area contributed by atoms with Crippen molar-refractivity contribution in [3.8, 4) is 17.2 Å². The van der Waals surface area contributed by atoms with Crippen LogP contribution in [0.1, 0.15) is 30.3 Å². The molecule has 4 heterocycles. The number of H-pyrrole nitrogens is 1. The van der Waals surface area contributed by atoms with Crippen molar-refractivity contribution < 1.29 is 0 Å². The molecule has 0 aliphatic carbocycles. The van der Waals surface area contributed by atoms with Gasteiger partial charge in [0.15, 0.2) is 11.5 Å². The van der Waals surface area contributed by atoms with Crippen LogP contribution >= 0.6 is 11.8 Å². The second-order valence-corrected chi connectivity index (χ2v) is 8.50. The lowest BCUT2D eigenvalue weighted by Gasteiger charge is -2.13. The van der Waals surface area contributed by atoms with Crippen LogP contribution in [-0.4, -0.2) is 46.0 Å². The van der Waals surface area contributed by atoms with E-state index in [1.807, 2.05) is 18.3 Å². The smallest absolute Gasteiger partial charge is 0.196 e. The summed E-state index contributed by atoms with van der Waals surface area (Å²) in [4.78, 5) is 9.52. The maximum atomic E-state index is 4.89. The van der Waals surface area contributed by atoms with Crippen molar-refractivity contribution >= 4 is 22.9 Å². The van der Waals surface area contributed by atoms with E-state index in [1.54, 1.807) is 11.8 Å². The molecule has 0 saturated carbocycles. The van der Waals surface area contributed by atoms with Crippen molar-refractivity contribution in [3.63, 3.8) is 0 Å². The number of nitrogens with one attached hydrogen (secondary N) is 1. The molecule has 0 spiro atoms. The molecular formula is C23H24N8S. The first-order chi connectivity index (χ1) is 15.7. The van der Waals surface area contributed by atoms with E-state index in [4.69, 9.17) is 4.98 Å². The van der Waals surface area contributed by atoms with Crippen LogP contribution in [0.25, 0.3) is 28.4 Å². The highest BCUT2D eigenvalue weighted by Gasteiger charge is 2.16. The summed E-state index contributed by atoms with van der Waals surface area (Å²) < 4.78 is 4.41. The van der Waals surface area contributed by atoms with Gasteiger partial charge in [-0.15, -0.1) is 16.9 Å². The second-order valence-electron chi connectivity index (χ2n) is 7.68. The lowest BCUT2D eigenvalue weighted by atomic mass is 10.2. The van der Waals surface area contributed by atoms with Crippen LogP contribution in [-0.2, 0) is 13.0 Å². The molecule has 5 rings (SSSR count). The third-order valence-electron chi connectivity index (χ3n) is 5.57. The second kappa shape index (κ2) is 8.58. The number of aryl methyl sites for hydroxylation is 2. The number of rotatable bonds is 7. The van der Waals surface area contributed by atoms with Crippen LogP contribution in [0, 0.1) is 6.92 Å². The van der Waals surface area contributed by atoms with E-state index in [0.717, 1.165) is 58.3 Å². The van der Waals surface area contributed by atoms with Gasteiger partial charge in [-0.3, -0.25) is 0 Å². The number of nitrogens with zero attached hydrogens (tertiary/aromatic N) is 7. The maximum Gasteiger partial charge on any atom is 0.196 e. The standard InChI is InChI=1S/C23H24N8S/c1-4-5-19-25-21-15(2)12-13-24-23(21)30(19)14-16-6-8-17(9-7-16)31-18(10-11-20(31)32-3)22-26-28-29-27-22/h6-13H,4-5,14H2,1-3H3,(H,26,27,28,29). The molecule has 162 valence electrons. The first kappa shape index (κ1) is 20.4. The zero-order valence-corrected chi connectivity index (χ0v) is 19.1. The first-order valence-electron chi connectivity index (χ1n) is 10.6. The number of fused-ring (bicyclic) bond motifs is 1. The van der Waals surface area contributed by atoms with Gasteiger partial charge in [0.05, 0.1) is 17.3 Å². The Hall–Kier alpha value is -3.46. The highest BCUT2D eigenvalue weighted by atomic mass is 32.2. The van der Waals surface area contributed by atoms with Gasteiger partial charge in [-0.05, 0) is 71.5 Å². The third-order valence-corrected chi connectivity index (χ3v) is 6.30. The Balaban J connectivity index is 1.51. The first-order valence-corrected chi connectivity index (χ1v) is 11.8. The number of aromatic nitrogens is 8. The lowest BCUT2D eigenvalue weighted by Crippen LogP contribution is -2.06. The highest BCUT2D eigenvalue weighted by Crippen LogP contribution is 2.29. The molecule has 1 aromatic carbocycles. The quantitative estimate of drug-likeness (QED) is 0.374. The summed E-state index contributed by atoms with van der Waals surface area (Å²) in [5.41, 5.74) is 6.30. The summed E-state index contributed by atoms with van der Waals surface area (Å²) in [5, 5.41) is 15.5. The van der Waals surface area contributed by atoms with Crippen LogP contribution in [0.3, 0.4) is 0 Å². The molecule has 0 amide bonds. The topological polar surface area (TPSA) is 90.1 Å². The molecule has 0 aliphatic rings. The molecule has 0 radical (unpaired) electrons.